The molecule has 3 aromatic carbocycles. The van der Waals surface area contributed by atoms with Crippen LogP contribution in [0, 0.1) is 5.82 Å². The van der Waals surface area contributed by atoms with E-state index in [-0.39, 0.29) is 18.3 Å². The summed E-state index contributed by atoms with van der Waals surface area (Å²) in [6.07, 6.45) is 1.39. The number of ether oxygens (including phenoxy) is 1. The van der Waals surface area contributed by atoms with Crippen molar-refractivity contribution < 1.29 is 13.9 Å². The molecule has 31 heavy (non-hydrogen) atoms. The summed E-state index contributed by atoms with van der Waals surface area (Å²) in [5, 5.41) is 2.87. The lowest BCUT2D eigenvalue weighted by atomic mass is 10.2. The Morgan fingerprint density at radius 2 is 1.71 bits per heavy atom. The van der Waals surface area contributed by atoms with Crippen LogP contribution in [-0.2, 0) is 17.8 Å². The third kappa shape index (κ3) is 5.28. The lowest BCUT2D eigenvalue weighted by molar-refractivity contribution is -0.123. The van der Waals surface area contributed by atoms with Crippen LogP contribution in [0.1, 0.15) is 17.8 Å². The normalized spacial score (nSPS) is 10.9. The molecule has 0 saturated heterocycles. The third-order valence-corrected chi connectivity index (χ3v) is 5.03. The number of para-hydroxylation sites is 3. The van der Waals surface area contributed by atoms with Gasteiger partial charge in [-0.15, -0.1) is 0 Å². The molecule has 4 rings (SSSR count). The van der Waals surface area contributed by atoms with E-state index in [0.29, 0.717) is 30.8 Å². The monoisotopic (exact) mass is 417 g/mol. The number of halogens is 1. The molecule has 158 valence electrons. The van der Waals surface area contributed by atoms with Crippen molar-refractivity contribution in [2.75, 3.05) is 13.2 Å². The average molecular weight is 417 g/mol. The second-order valence-electron chi connectivity index (χ2n) is 7.25. The molecule has 0 aliphatic heterocycles. The van der Waals surface area contributed by atoms with Crippen LogP contribution in [0.2, 0.25) is 0 Å². The summed E-state index contributed by atoms with van der Waals surface area (Å²) in [6.45, 7) is 0.912. The maximum absolute atomic E-state index is 14.2. The van der Waals surface area contributed by atoms with Gasteiger partial charge in [-0.3, -0.25) is 4.79 Å². The summed E-state index contributed by atoms with van der Waals surface area (Å²) in [4.78, 5) is 16.7. The molecule has 6 heteroatoms. The lowest BCUT2D eigenvalue weighted by Crippen LogP contribution is -2.30. The van der Waals surface area contributed by atoms with Crippen LogP contribution in [0.5, 0.6) is 5.75 Å². The standard InChI is InChI=1S/C25H24FN3O2/c26-21-12-5-4-9-19(21)17-29-23-14-7-6-13-22(23)28-24(29)15-8-16-27-25(30)18-31-20-10-2-1-3-11-20/h1-7,9-14H,8,15-18H2,(H,27,30). The van der Waals surface area contributed by atoms with E-state index in [4.69, 9.17) is 9.72 Å². The van der Waals surface area contributed by atoms with E-state index < -0.39 is 0 Å². The molecule has 0 spiro atoms. The zero-order valence-electron chi connectivity index (χ0n) is 17.1. The Morgan fingerprint density at radius 3 is 2.55 bits per heavy atom. The van der Waals surface area contributed by atoms with E-state index in [1.54, 1.807) is 12.1 Å². The molecule has 0 atom stereocenters. The van der Waals surface area contributed by atoms with Crippen molar-refractivity contribution in [1.29, 1.82) is 0 Å². The van der Waals surface area contributed by atoms with Crippen molar-refractivity contribution in [2.24, 2.45) is 0 Å². The lowest BCUT2D eigenvalue weighted by Gasteiger charge is -2.11. The third-order valence-electron chi connectivity index (χ3n) is 5.03. The highest BCUT2D eigenvalue weighted by atomic mass is 19.1. The van der Waals surface area contributed by atoms with Crippen molar-refractivity contribution in [3.8, 4) is 5.75 Å². The number of aryl methyl sites for hydroxylation is 1. The Balaban J connectivity index is 1.36. The minimum Gasteiger partial charge on any atom is -0.484 e. The number of hydrogen-bond donors (Lipinski definition) is 1. The number of fused-ring (bicyclic) bond motifs is 1. The van der Waals surface area contributed by atoms with Gasteiger partial charge >= 0.3 is 0 Å². The summed E-state index contributed by atoms with van der Waals surface area (Å²) in [6, 6.07) is 23.9. The molecular formula is C25H24FN3O2. The Kier molecular flexibility index (Phi) is 6.57. The number of nitrogens with one attached hydrogen (secondary N) is 1. The Bertz CT molecular complexity index is 1160. The van der Waals surface area contributed by atoms with Gasteiger partial charge in [-0.2, -0.15) is 0 Å². The molecule has 0 saturated carbocycles. The van der Waals surface area contributed by atoms with Crippen molar-refractivity contribution in [2.45, 2.75) is 19.4 Å². The Hall–Kier alpha value is -3.67. The number of imidazole rings is 1. The summed E-state index contributed by atoms with van der Waals surface area (Å²) in [5.41, 5.74) is 2.48. The zero-order valence-corrected chi connectivity index (χ0v) is 17.1. The molecule has 0 fully saturated rings. The number of nitrogens with zero attached hydrogens (tertiary/aromatic N) is 2. The van der Waals surface area contributed by atoms with Gasteiger partial charge in [-0.1, -0.05) is 48.5 Å². The van der Waals surface area contributed by atoms with Crippen molar-refractivity contribution in [3.05, 3.63) is 96.1 Å². The van der Waals surface area contributed by atoms with E-state index >= 15 is 0 Å². The minimum atomic E-state index is -0.225. The topological polar surface area (TPSA) is 56.1 Å². The number of rotatable bonds is 9. The molecule has 0 radical (unpaired) electrons. The van der Waals surface area contributed by atoms with E-state index in [9.17, 15) is 9.18 Å². The molecule has 0 bridgehead atoms. The molecule has 0 aliphatic carbocycles. The number of carbonyl (C=O) groups is 1. The molecule has 0 aliphatic rings. The summed E-state index contributed by atoms with van der Waals surface area (Å²) in [7, 11) is 0. The molecule has 1 aromatic heterocycles. The van der Waals surface area contributed by atoms with Gasteiger partial charge in [0.15, 0.2) is 6.61 Å². The zero-order chi connectivity index (χ0) is 21.5. The van der Waals surface area contributed by atoms with Crippen LogP contribution in [0.3, 0.4) is 0 Å². The van der Waals surface area contributed by atoms with Crippen LogP contribution in [-0.4, -0.2) is 28.6 Å². The quantitative estimate of drug-likeness (QED) is 0.412. The first-order valence-electron chi connectivity index (χ1n) is 10.3. The number of carbonyl (C=O) groups excluding carboxylic acids is 1. The number of amides is 1. The number of aromatic nitrogens is 2. The molecule has 1 heterocycles. The van der Waals surface area contributed by atoms with Crippen molar-refractivity contribution in [1.82, 2.24) is 14.9 Å². The van der Waals surface area contributed by atoms with Crippen molar-refractivity contribution >= 4 is 16.9 Å². The van der Waals surface area contributed by atoms with Gasteiger partial charge in [0.1, 0.15) is 17.4 Å². The van der Waals surface area contributed by atoms with Crippen LogP contribution in [0.4, 0.5) is 4.39 Å². The molecule has 1 amide bonds. The van der Waals surface area contributed by atoms with Crippen LogP contribution >= 0.6 is 0 Å². The maximum Gasteiger partial charge on any atom is 0.257 e. The number of hydrogen-bond acceptors (Lipinski definition) is 3. The fourth-order valence-corrected chi connectivity index (χ4v) is 3.48. The van der Waals surface area contributed by atoms with Crippen molar-refractivity contribution in [3.63, 3.8) is 0 Å². The molecule has 4 aromatic rings. The minimum absolute atomic E-state index is 0.0180. The first-order valence-corrected chi connectivity index (χ1v) is 10.3. The first-order chi connectivity index (χ1) is 15.2. The SMILES string of the molecule is O=C(COc1ccccc1)NCCCc1nc2ccccc2n1Cc1ccccc1F. The first kappa shape index (κ1) is 20.6. The van der Waals surface area contributed by atoms with Gasteiger partial charge in [0.05, 0.1) is 17.6 Å². The summed E-state index contributed by atoms with van der Waals surface area (Å²) < 4.78 is 21.7. The van der Waals surface area contributed by atoms with E-state index in [1.807, 2.05) is 65.2 Å². The second kappa shape index (κ2) is 9.89. The highest BCUT2D eigenvalue weighted by Gasteiger charge is 2.12. The van der Waals surface area contributed by atoms with E-state index in [0.717, 1.165) is 23.3 Å². The second-order valence-corrected chi connectivity index (χ2v) is 7.25. The fraction of sp³-hybridized carbons (Fsp3) is 0.200. The Morgan fingerprint density at radius 1 is 0.968 bits per heavy atom. The molecule has 0 unspecified atom stereocenters. The van der Waals surface area contributed by atoms with Gasteiger partial charge in [0.2, 0.25) is 0 Å². The highest BCUT2D eigenvalue weighted by molar-refractivity contribution is 5.77. The van der Waals surface area contributed by atoms with Crippen LogP contribution in [0.15, 0.2) is 78.9 Å². The van der Waals surface area contributed by atoms with Gasteiger partial charge in [-0.05, 0) is 36.8 Å². The molecular weight excluding hydrogens is 393 g/mol. The van der Waals surface area contributed by atoms with E-state index in [2.05, 4.69) is 5.32 Å². The maximum atomic E-state index is 14.2. The largest absolute Gasteiger partial charge is 0.484 e. The van der Waals surface area contributed by atoms with Crippen LogP contribution < -0.4 is 10.1 Å². The smallest absolute Gasteiger partial charge is 0.257 e. The van der Waals surface area contributed by atoms with Gasteiger partial charge in [0.25, 0.3) is 5.91 Å². The predicted octanol–water partition coefficient (Wildman–Crippen LogP) is 4.35. The summed E-state index contributed by atoms with van der Waals surface area (Å²) >= 11 is 0. The molecule has 5 nitrogen and oxygen atoms in total. The van der Waals surface area contributed by atoms with Gasteiger partial charge < -0.3 is 14.6 Å². The van der Waals surface area contributed by atoms with Gasteiger partial charge in [-0.25, -0.2) is 9.37 Å². The van der Waals surface area contributed by atoms with Gasteiger partial charge in [0, 0.05) is 18.5 Å². The Labute approximate surface area is 180 Å². The molecule has 1 N–H and O–H groups in total. The predicted molar refractivity (Wildman–Crippen MR) is 119 cm³/mol. The average Bonchev–Trinajstić information content (AvgIpc) is 3.15. The number of benzene rings is 3. The fourth-order valence-electron chi connectivity index (χ4n) is 3.48. The summed E-state index contributed by atoms with van der Waals surface area (Å²) in [5.74, 6) is 1.15. The van der Waals surface area contributed by atoms with Crippen LogP contribution in [0.25, 0.3) is 11.0 Å². The highest BCUT2D eigenvalue weighted by Crippen LogP contribution is 2.20. The van der Waals surface area contributed by atoms with E-state index in [1.165, 1.54) is 6.07 Å².